The predicted molar refractivity (Wildman–Crippen MR) is 162 cm³/mol. The van der Waals surface area contributed by atoms with Crippen molar-refractivity contribution in [3.05, 3.63) is 77.3 Å². The summed E-state index contributed by atoms with van der Waals surface area (Å²) in [5, 5.41) is 8.04. The summed E-state index contributed by atoms with van der Waals surface area (Å²) in [4.78, 5) is 25.1. The molecule has 0 aliphatic heterocycles. The van der Waals surface area contributed by atoms with E-state index >= 15 is 0 Å². The van der Waals surface area contributed by atoms with E-state index in [9.17, 15) is 9.59 Å². The molecule has 2 N–H and O–H groups in total. The number of carbonyl (C=O) groups excluding carboxylic acids is 2. The number of carbonyl (C=O) groups is 2. The van der Waals surface area contributed by atoms with Crippen molar-refractivity contribution < 1.29 is 23.8 Å². The van der Waals surface area contributed by atoms with Crippen molar-refractivity contribution in [2.45, 2.75) is 70.8 Å². The van der Waals surface area contributed by atoms with E-state index in [-0.39, 0.29) is 24.1 Å². The number of fused-ring (bicyclic) bond motifs is 1. The lowest BCUT2D eigenvalue weighted by molar-refractivity contribution is 0.0470. The number of aromatic nitrogens is 1. The molecule has 0 bridgehead atoms. The zero-order valence-electron chi connectivity index (χ0n) is 23.9. The number of rotatable bonds is 8. The van der Waals surface area contributed by atoms with E-state index in [1.54, 1.807) is 11.3 Å². The number of aryl methyl sites for hydroxylation is 1. The second-order valence-electron chi connectivity index (χ2n) is 11.4. The molecule has 2 heterocycles. The summed E-state index contributed by atoms with van der Waals surface area (Å²) < 4.78 is 20.6. The van der Waals surface area contributed by atoms with Gasteiger partial charge in [0.15, 0.2) is 0 Å². The average molecular weight is 576 g/mol. The monoisotopic (exact) mass is 575 g/mol. The van der Waals surface area contributed by atoms with Gasteiger partial charge in [0.1, 0.15) is 29.4 Å². The Morgan fingerprint density at radius 2 is 1.68 bits per heavy atom. The van der Waals surface area contributed by atoms with Crippen molar-refractivity contribution in [2.24, 2.45) is 7.05 Å². The minimum absolute atomic E-state index is 0.106. The normalized spacial score (nSPS) is 17.2. The first kappa shape index (κ1) is 28.5. The fraction of sp³-hybridized carbons (Fsp3) is 0.375. The number of nitrogens with zero attached hydrogens (tertiary/aromatic N) is 1. The number of para-hydroxylation sites is 1. The summed E-state index contributed by atoms with van der Waals surface area (Å²) in [7, 11) is 1.90. The van der Waals surface area contributed by atoms with Crippen molar-refractivity contribution in [3.63, 3.8) is 0 Å². The molecule has 2 aromatic heterocycles. The van der Waals surface area contributed by atoms with Gasteiger partial charge in [-0.15, -0.1) is 11.3 Å². The zero-order chi connectivity index (χ0) is 29.0. The lowest BCUT2D eigenvalue weighted by Gasteiger charge is -2.30. The third kappa shape index (κ3) is 7.41. The summed E-state index contributed by atoms with van der Waals surface area (Å²) in [5.41, 5.74) is 2.77. The first-order valence-corrected chi connectivity index (χ1v) is 14.8. The maximum atomic E-state index is 13.0. The molecule has 9 heteroatoms. The molecule has 1 aliphatic rings. The highest BCUT2D eigenvalue weighted by molar-refractivity contribution is 7.17. The number of alkyl carbamates (subject to hydrolysis) is 1. The van der Waals surface area contributed by atoms with Crippen LogP contribution in [0.2, 0.25) is 0 Å². The molecule has 0 spiro atoms. The maximum absolute atomic E-state index is 13.0. The van der Waals surface area contributed by atoms with Crippen molar-refractivity contribution in [3.8, 4) is 11.5 Å². The first-order chi connectivity index (χ1) is 19.6. The third-order valence-corrected chi connectivity index (χ3v) is 7.93. The average Bonchev–Trinajstić information content (AvgIpc) is 3.52. The number of ether oxygens (including phenoxy) is 3. The van der Waals surface area contributed by atoms with E-state index in [4.69, 9.17) is 14.2 Å². The molecule has 41 heavy (non-hydrogen) atoms. The van der Waals surface area contributed by atoms with Gasteiger partial charge in [0.05, 0.1) is 16.3 Å². The fourth-order valence-corrected chi connectivity index (χ4v) is 5.84. The molecule has 8 nitrogen and oxygen atoms in total. The molecule has 5 rings (SSSR count). The van der Waals surface area contributed by atoms with Crippen LogP contribution in [0.4, 0.5) is 10.5 Å². The van der Waals surface area contributed by atoms with Crippen LogP contribution in [0.15, 0.2) is 66.0 Å². The smallest absolute Gasteiger partial charge is 0.407 e. The van der Waals surface area contributed by atoms with Crippen LogP contribution in [0.3, 0.4) is 0 Å². The fourth-order valence-electron chi connectivity index (χ4n) is 4.99. The number of benzene rings is 2. The number of thiophene rings is 1. The Hall–Kier alpha value is -3.98. The SMILES string of the molecule is Cn1c(C(=O)Nc2ccccc2COc2ccc(OC3CCC(NC(=O)OC(C)(C)C)CC3)cc2)cc2sccc21. The predicted octanol–water partition coefficient (Wildman–Crippen LogP) is 7.29. The number of anilines is 1. The molecule has 0 unspecified atom stereocenters. The minimum atomic E-state index is -0.501. The Balaban J connectivity index is 1.10. The number of hydrogen-bond acceptors (Lipinski definition) is 6. The Morgan fingerprint density at radius 1 is 0.976 bits per heavy atom. The van der Waals surface area contributed by atoms with Gasteiger partial charge in [-0.2, -0.15) is 0 Å². The summed E-state index contributed by atoms with van der Waals surface area (Å²) in [6.45, 7) is 5.90. The topological polar surface area (TPSA) is 90.8 Å². The number of amides is 2. The largest absolute Gasteiger partial charge is 0.490 e. The minimum Gasteiger partial charge on any atom is -0.490 e. The zero-order valence-corrected chi connectivity index (χ0v) is 24.8. The third-order valence-electron chi connectivity index (χ3n) is 7.08. The molecule has 4 aromatic rings. The molecule has 1 aliphatic carbocycles. The molecule has 216 valence electrons. The maximum Gasteiger partial charge on any atom is 0.407 e. The second-order valence-corrected chi connectivity index (χ2v) is 12.3. The molecule has 0 radical (unpaired) electrons. The number of nitrogens with one attached hydrogen (secondary N) is 2. The Kier molecular flexibility index (Phi) is 8.54. The molecular formula is C32H37N3O5S. The van der Waals surface area contributed by atoms with Gasteiger partial charge < -0.3 is 29.4 Å². The lowest BCUT2D eigenvalue weighted by Crippen LogP contribution is -2.42. The van der Waals surface area contributed by atoms with Crippen LogP contribution in [0.25, 0.3) is 10.2 Å². The van der Waals surface area contributed by atoms with Crippen LogP contribution >= 0.6 is 11.3 Å². The van der Waals surface area contributed by atoms with Gasteiger partial charge in [-0.3, -0.25) is 4.79 Å². The standard InChI is InChI=1S/C32H37N3O5S/c1-32(2,3)40-31(37)33-22-9-11-24(12-10-22)39-25-15-13-23(14-16-25)38-20-21-7-5-6-8-26(21)34-30(36)28-19-29-27(35(28)4)17-18-41-29/h5-8,13-19,22,24H,9-12,20H2,1-4H3,(H,33,37)(H,34,36). The van der Waals surface area contributed by atoms with Gasteiger partial charge in [-0.05, 0) is 94.3 Å². The van der Waals surface area contributed by atoms with Crippen LogP contribution in [0.5, 0.6) is 11.5 Å². The van der Waals surface area contributed by atoms with Gasteiger partial charge in [-0.25, -0.2) is 4.79 Å². The van der Waals surface area contributed by atoms with Crippen molar-refractivity contribution >= 4 is 39.2 Å². The van der Waals surface area contributed by atoms with Crippen molar-refractivity contribution in [2.75, 3.05) is 5.32 Å². The van der Waals surface area contributed by atoms with Crippen LogP contribution in [0, 0.1) is 0 Å². The van der Waals surface area contributed by atoms with E-state index in [0.717, 1.165) is 52.9 Å². The molecule has 0 saturated heterocycles. The Morgan fingerprint density at radius 3 is 2.39 bits per heavy atom. The Labute approximate surface area is 244 Å². The van der Waals surface area contributed by atoms with Crippen LogP contribution in [-0.2, 0) is 18.4 Å². The molecule has 0 atom stereocenters. The molecule has 2 amide bonds. The van der Waals surface area contributed by atoms with E-state index in [1.165, 1.54) is 0 Å². The van der Waals surface area contributed by atoms with E-state index in [2.05, 4.69) is 10.6 Å². The van der Waals surface area contributed by atoms with Gasteiger partial charge in [0.2, 0.25) is 0 Å². The molecule has 2 aromatic carbocycles. The lowest BCUT2D eigenvalue weighted by atomic mass is 9.93. The summed E-state index contributed by atoms with van der Waals surface area (Å²) >= 11 is 1.62. The van der Waals surface area contributed by atoms with Gasteiger partial charge in [-0.1, -0.05) is 18.2 Å². The van der Waals surface area contributed by atoms with Crippen LogP contribution in [-0.4, -0.2) is 34.3 Å². The highest BCUT2D eigenvalue weighted by Gasteiger charge is 2.25. The highest BCUT2D eigenvalue weighted by Crippen LogP contribution is 2.28. The molecule has 1 saturated carbocycles. The van der Waals surface area contributed by atoms with Crippen molar-refractivity contribution in [1.82, 2.24) is 9.88 Å². The van der Waals surface area contributed by atoms with Gasteiger partial charge in [0, 0.05) is 24.3 Å². The molecule has 1 fully saturated rings. The van der Waals surface area contributed by atoms with E-state index in [0.29, 0.717) is 18.1 Å². The van der Waals surface area contributed by atoms with E-state index < -0.39 is 5.60 Å². The first-order valence-electron chi connectivity index (χ1n) is 14.0. The van der Waals surface area contributed by atoms with Gasteiger partial charge in [0.25, 0.3) is 5.91 Å². The van der Waals surface area contributed by atoms with Crippen LogP contribution in [0.1, 0.15) is 62.5 Å². The van der Waals surface area contributed by atoms with E-state index in [1.807, 2.05) is 98.4 Å². The summed E-state index contributed by atoms with van der Waals surface area (Å²) in [6, 6.07) is 19.3. The quantitative estimate of drug-likeness (QED) is 0.230. The summed E-state index contributed by atoms with van der Waals surface area (Å²) in [5.74, 6) is 1.35. The number of hydrogen-bond donors (Lipinski definition) is 2. The highest BCUT2D eigenvalue weighted by atomic mass is 32.1. The Bertz CT molecular complexity index is 1490. The second kappa shape index (κ2) is 12.3. The molecular weight excluding hydrogens is 538 g/mol. The van der Waals surface area contributed by atoms with Crippen molar-refractivity contribution in [1.29, 1.82) is 0 Å². The van der Waals surface area contributed by atoms with Gasteiger partial charge >= 0.3 is 6.09 Å². The van der Waals surface area contributed by atoms with Crippen LogP contribution < -0.4 is 20.1 Å². The summed E-state index contributed by atoms with van der Waals surface area (Å²) in [6.07, 6.45) is 3.17.